The van der Waals surface area contributed by atoms with E-state index in [1.165, 1.54) is 5.57 Å². The zero-order valence-corrected chi connectivity index (χ0v) is 6.68. The van der Waals surface area contributed by atoms with Gasteiger partial charge in [-0.25, -0.2) is 0 Å². The van der Waals surface area contributed by atoms with Gasteiger partial charge < -0.3 is 0 Å². The lowest BCUT2D eigenvalue weighted by Crippen LogP contribution is -1.97. The predicted octanol–water partition coefficient (Wildman–Crippen LogP) is 2.32. The van der Waals surface area contributed by atoms with Crippen LogP contribution in [0.5, 0.6) is 0 Å². The molecule has 1 nitrogen and oxygen atoms in total. The highest BCUT2D eigenvalue weighted by Gasteiger charge is 2.20. The van der Waals surface area contributed by atoms with E-state index in [4.69, 9.17) is 0 Å². The fraction of sp³-hybridized carbons (Fsp3) is 0.667. The Morgan fingerprint density at radius 2 is 2.30 bits per heavy atom. The summed E-state index contributed by atoms with van der Waals surface area (Å²) in [4.78, 5) is 10.9. The van der Waals surface area contributed by atoms with Gasteiger partial charge in [0.1, 0.15) is 0 Å². The molecule has 0 spiro atoms. The van der Waals surface area contributed by atoms with Gasteiger partial charge >= 0.3 is 0 Å². The summed E-state index contributed by atoms with van der Waals surface area (Å²) in [5.74, 6) is 0.890. The summed E-state index contributed by atoms with van der Waals surface area (Å²) in [5.41, 5.74) is 1.35. The van der Waals surface area contributed by atoms with Crippen LogP contribution in [0.3, 0.4) is 0 Å². The molecule has 1 aliphatic rings. The number of hydrogen-bond acceptors (Lipinski definition) is 1. The van der Waals surface area contributed by atoms with Crippen LogP contribution in [0.1, 0.15) is 33.1 Å². The molecule has 10 heavy (non-hydrogen) atoms. The van der Waals surface area contributed by atoms with Gasteiger partial charge in [-0.3, -0.25) is 4.79 Å². The largest absolute Gasteiger partial charge is 0.295 e. The third-order valence-corrected chi connectivity index (χ3v) is 2.22. The number of carbonyl (C=O) groups excluding carboxylic acids is 1. The van der Waals surface area contributed by atoms with E-state index in [1.807, 2.05) is 6.08 Å². The Kier molecular flexibility index (Phi) is 2.25. The topological polar surface area (TPSA) is 17.1 Å². The van der Waals surface area contributed by atoms with E-state index in [1.54, 1.807) is 0 Å². The molecule has 56 valence electrons. The first-order valence-electron chi connectivity index (χ1n) is 4.01. The predicted molar refractivity (Wildman–Crippen MR) is 41.8 cm³/mol. The number of allylic oxidation sites excluding steroid dienone is 2. The van der Waals surface area contributed by atoms with Crippen molar-refractivity contribution in [2.24, 2.45) is 5.92 Å². The van der Waals surface area contributed by atoms with Crippen molar-refractivity contribution in [3.8, 4) is 0 Å². The van der Waals surface area contributed by atoms with Crippen molar-refractivity contribution >= 4 is 5.78 Å². The molecule has 0 aromatic heterocycles. The lowest BCUT2D eigenvalue weighted by molar-refractivity contribution is -0.114. The molecule has 0 bridgehead atoms. The first-order valence-corrected chi connectivity index (χ1v) is 4.01. The highest BCUT2D eigenvalue weighted by Crippen LogP contribution is 2.27. The van der Waals surface area contributed by atoms with Gasteiger partial charge in [0.2, 0.25) is 0 Å². The van der Waals surface area contributed by atoms with Crippen LogP contribution in [0.2, 0.25) is 0 Å². The zero-order chi connectivity index (χ0) is 7.56. The smallest absolute Gasteiger partial charge is 0.156 e. The standard InChI is InChI=1S/C9H14O/c1-3-7-5-9(10)6-8(7)4-2/h5,8H,3-4,6H2,1-2H3. The molecule has 0 aromatic rings. The minimum absolute atomic E-state index is 0.323. The monoisotopic (exact) mass is 138 g/mol. The maximum atomic E-state index is 10.9. The maximum Gasteiger partial charge on any atom is 0.156 e. The molecule has 0 aromatic carbocycles. The van der Waals surface area contributed by atoms with Gasteiger partial charge in [-0.2, -0.15) is 0 Å². The molecule has 0 radical (unpaired) electrons. The third kappa shape index (κ3) is 1.28. The number of rotatable bonds is 2. The van der Waals surface area contributed by atoms with Crippen molar-refractivity contribution in [2.45, 2.75) is 33.1 Å². The molecule has 1 atom stereocenters. The molecule has 1 heteroatoms. The summed E-state index contributed by atoms with van der Waals surface area (Å²) in [6.45, 7) is 4.26. The van der Waals surface area contributed by atoms with Gasteiger partial charge in [0, 0.05) is 6.42 Å². The van der Waals surface area contributed by atoms with Crippen molar-refractivity contribution in [2.75, 3.05) is 0 Å². The normalized spacial score (nSPS) is 25.2. The average molecular weight is 138 g/mol. The summed E-state index contributed by atoms with van der Waals surface area (Å²) in [5, 5.41) is 0. The lowest BCUT2D eigenvalue weighted by atomic mass is 9.97. The second-order valence-electron chi connectivity index (χ2n) is 2.85. The van der Waals surface area contributed by atoms with Gasteiger partial charge in [-0.1, -0.05) is 19.4 Å². The first kappa shape index (κ1) is 7.52. The highest BCUT2D eigenvalue weighted by atomic mass is 16.1. The molecule has 0 saturated heterocycles. The minimum atomic E-state index is 0.323. The van der Waals surface area contributed by atoms with Gasteiger partial charge in [0.05, 0.1) is 0 Å². The van der Waals surface area contributed by atoms with Crippen LogP contribution in [0, 0.1) is 5.92 Å². The Balaban J connectivity index is 2.65. The number of ketones is 1. The summed E-state index contributed by atoms with van der Waals surface area (Å²) in [6.07, 6.45) is 4.75. The molecule has 1 aliphatic carbocycles. The minimum Gasteiger partial charge on any atom is -0.295 e. The van der Waals surface area contributed by atoms with Gasteiger partial charge in [0.15, 0.2) is 5.78 Å². The molecule has 1 rings (SSSR count). The molecule has 0 amide bonds. The summed E-state index contributed by atoms with van der Waals surface area (Å²) >= 11 is 0. The van der Waals surface area contributed by atoms with Crippen LogP contribution < -0.4 is 0 Å². The van der Waals surface area contributed by atoms with Crippen molar-refractivity contribution in [1.29, 1.82) is 0 Å². The van der Waals surface area contributed by atoms with Crippen LogP contribution in [0.15, 0.2) is 11.6 Å². The fourth-order valence-corrected chi connectivity index (χ4v) is 1.55. The molecule has 0 aliphatic heterocycles. The summed E-state index contributed by atoms with van der Waals surface area (Å²) in [6, 6.07) is 0. The summed E-state index contributed by atoms with van der Waals surface area (Å²) in [7, 11) is 0. The maximum absolute atomic E-state index is 10.9. The average Bonchev–Trinajstić information content (AvgIpc) is 2.30. The van der Waals surface area contributed by atoms with Crippen molar-refractivity contribution < 1.29 is 4.79 Å². The van der Waals surface area contributed by atoms with Gasteiger partial charge in [-0.15, -0.1) is 0 Å². The van der Waals surface area contributed by atoms with E-state index in [0.717, 1.165) is 19.3 Å². The summed E-state index contributed by atoms with van der Waals surface area (Å²) < 4.78 is 0. The molecule has 0 N–H and O–H groups in total. The first-order chi connectivity index (χ1) is 4.77. The van der Waals surface area contributed by atoms with Crippen molar-refractivity contribution in [1.82, 2.24) is 0 Å². The van der Waals surface area contributed by atoms with Gasteiger partial charge in [-0.05, 0) is 24.8 Å². The van der Waals surface area contributed by atoms with Crippen LogP contribution in [-0.2, 0) is 4.79 Å². The van der Waals surface area contributed by atoms with Crippen molar-refractivity contribution in [3.63, 3.8) is 0 Å². The number of hydrogen-bond donors (Lipinski definition) is 0. The van der Waals surface area contributed by atoms with E-state index < -0.39 is 0 Å². The van der Waals surface area contributed by atoms with E-state index >= 15 is 0 Å². The van der Waals surface area contributed by atoms with Crippen LogP contribution >= 0.6 is 0 Å². The second-order valence-corrected chi connectivity index (χ2v) is 2.85. The fourth-order valence-electron chi connectivity index (χ4n) is 1.55. The van der Waals surface area contributed by atoms with Gasteiger partial charge in [0.25, 0.3) is 0 Å². The molecular weight excluding hydrogens is 124 g/mol. The Bertz CT molecular complexity index is 168. The third-order valence-electron chi connectivity index (χ3n) is 2.22. The quantitative estimate of drug-likeness (QED) is 0.572. The van der Waals surface area contributed by atoms with E-state index in [0.29, 0.717) is 11.7 Å². The second kappa shape index (κ2) is 3.00. The van der Waals surface area contributed by atoms with E-state index in [2.05, 4.69) is 13.8 Å². The molecule has 0 saturated carbocycles. The SMILES string of the molecule is CCC1=CC(=O)CC1CC. The van der Waals surface area contributed by atoms with Crippen LogP contribution in [-0.4, -0.2) is 5.78 Å². The Morgan fingerprint density at radius 1 is 1.60 bits per heavy atom. The van der Waals surface area contributed by atoms with Crippen LogP contribution in [0.25, 0.3) is 0 Å². The molecular formula is C9H14O. The Morgan fingerprint density at radius 3 is 2.70 bits per heavy atom. The number of carbonyl (C=O) groups is 1. The zero-order valence-electron chi connectivity index (χ0n) is 6.68. The Hall–Kier alpha value is -0.590. The Labute approximate surface area is 62.1 Å². The van der Waals surface area contributed by atoms with E-state index in [-0.39, 0.29) is 0 Å². The van der Waals surface area contributed by atoms with Crippen LogP contribution in [0.4, 0.5) is 0 Å². The highest BCUT2D eigenvalue weighted by molar-refractivity contribution is 5.93. The molecule has 0 fully saturated rings. The molecule has 0 heterocycles. The lowest BCUT2D eigenvalue weighted by Gasteiger charge is -2.07. The molecule has 1 unspecified atom stereocenters. The van der Waals surface area contributed by atoms with Crippen molar-refractivity contribution in [3.05, 3.63) is 11.6 Å². The van der Waals surface area contributed by atoms with E-state index in [9.17, 15) is 4.79 Å².